The molecule has 0 heterocycles. The van der Waals surface area contributed by atoms with E-state index in [0.717, 1.165) is 22.4 Å². The van der Waals surface area contributed by atoms with Gasteiger partial charge < -0.3 is 10.1 Å². The first-order valence-corrected chi connectivity index (χ1v) is 9.88. The fraction of sp³-hybridized carbons (Fsp3) is 0.250. The van der Waals surface area contributed by atoms with Crippen LogP contribution in [0.5, 0.6) is 5.75 Å². The van der Waals surface area contributed by atoms with Crippen molar-refractivity contribution in [3.8, 4) is 16.9 Å². The van der Waals surface area contributed by atoms with E-state index in [1.807, 2.05) is 6.07 Å². The van der Waals surface area contributed by atoms with E-state index in [0.29, 0.717) is 11.6 Å². The van der Waals surface area contributed by atoms with Gasteiger partial charge in [-0.3, -0.25) is 0 Å². The molecule has 0 amide bonds. The quantitative estimate of drug-likeness (QED) is 0.443. The van der Waals surface area contributed by atoms with Gasteiger partial charge in [-0.2, -0.15) is 0 Å². The first-order chi connectivity index (χ1) is 14.0. The predicted molar refractivity (Wildman–Crippen MR) is 116 cm³/mol. The zero-order chi connectivity index (χ0) is 21.9. The van der Waals surface area contributed by atoms with E-state index in [1.54, 1.807) is 24.3 Å². The number of alkyl halides is 3. The molecule has 30 heavy (non-hydrogen) atoms. The smallest absolute Gasteiger partial charge is 0.406 e. The number of nitrogens with one attached hydrogen (secondary N) is 1. The van der Waals surface area contributed by atoms with E-state index in [1.165, 1.54) is 17.7 Å². The van der Waals surface area contributed by atoms with E-state index in [2.05, 4.69) is 55.1 Å². The minimum Gasteiger partial charge on any atom is -0.406 e. The number of hydrogen-bond donors (Lipinski definition) is 1. The molecule has 0 aromatic heterocycles. The fourth-order valence-corrected chi connectivity index (χ4v) is 3.24. The van der Waals surface area contributed by atoms with Crippen molar-refractivity contribution < 1.29 is 17.9 Å². The molecule has 0 radical (unpaired) electrons. The SMILES string of the molecule is CC(C)(C)c1ccc(CNc2ccc(Cl)cc2-c2ccc(OC(F)(F)F)cc2)cc1. The van der Waals surface area contributed by atoms with Gasteiger partial charge in [0.05, 0.1) is 0 Å². The molecule has 0 aliphatic rings. The van der Waals surface area contributed by atoms with Crippen LogP contribution in [-0.4, -0.2) is 6.36 Å². The summed E-state index contributed by atoms with van der Waals surface area (Å²) < 4.78 is 41.1. The van der Waals surface area contributed by atoms with Gasteiger partial charge in [0.2, 0.25) is 0 Å². The zero-order valence-electron chi connectivity index (χ0n) is 17.0. The highest BCUT2D eigenvalue weighted by Gasteiger charge is 2.31. The van der Waals surface area contributed by atoms with E-state index in [4.69, 9.17) is 11.6 Å². The summed E-state index contributed by atoms with van der Waals surface area (Å²) in [6, 6.07) is 19.6. The second-order valence-electron chi connectivity index (χ2n) is 8.06. The highest BCUT2D eigenvalue weighted by atomic mass is 35.5. The lowest BCUT2D eigenvalue weighted by Crippen LogP contribution is -2.16. The normalized spacial score (nSPS) is 12.0. The Morgan fingerprint density at radius 2 is 1.50 bits per heavy atom. The maximum absolute atomic E-state index is 12.4. The minimum atomic E-state index is -4.72. The molecule has 3 rings (SSSR count). The Morgan fingerprint density at radius 3 is 2.07 bits per heavy atom. The average Bonchev–Trinajstić information content (AvgIpc) is 2.66. The number of hydrogen-bond acceptors (Lipinski definition) is 2. The molecule has 0 spiro atoms. The lowest BCUT2D eigenvalue weighted by Gasteiger charge is -2.19. The lowest BCUT2D eigenvalue weighted by molar-refractivity contribution is -0.274. The summed E-state index contributed by atoms with van der Waals surface area (Å²) >= 11 is 6.16. The Kier molecular flexibility index (Phi) is 6.32. The summed E-state index contributed by atoms with van der Waals surface area (Å²) in [6.07, 6.45) is -4.72. The van der Waals surface area contributed by atoms with Gasteiger partial charge in [-0.05, 0) is 52.4 Å². The van der Waals surface area contributed by atoms with Gasteiger partial charge in [0.1, 0.15) is 5.75 Å². The van der Waals surface area contributed by atoms with Crippen molar-refractivity contribution in [1.82, 2.24) is 0 Å². The molecule has 3 aromatic rings. The van der Waals surface area contributed by atoms with E-state index >= 15 is 0 Å². The second-order valence-corrected chi connectivity index (χ2v) is 8.50. The highest BCUT2D eigenvalue weighted by Crippen LogP contribution is 2.33. The van der Waals surface area contributed by atoms with Gasteiger partial charge in [-0.25, -0.2) is 0 Å². The fourth-order valence-electron chi connectivity index (χ4n) is 3.07. The maximum atomic E-state index is 12.4. The molecule has 3 aromatic carbocycles. The van der Waals surface area contributed by atoms with Crippen molar-refractivity contribution in [3.63, 3.8) is 0 Å². The zero-order valence-corrected chi connectivity index (χ0v) is 17.7. The van der Waals surface area contributed by atoms with Crippen LogP contribution in [0.2, 0.25) is 5.02 Å². The highest BCUT2D eigenvalue weighted by molar-refractivity contribution is 6.31. The van der Waals surface area contributed by atoms with Gasteiger partial charge in [0, 0.05) is 22.8 Å². The number of rotatable bonds is 5. The number of ether oxygens (including phenoxy) is 1. The summed E-state index contributed by atoms with van der Waals surface area (Å²) in [4.78, 5) is 0. The van der Waals surface area contributed by atoms with E-state index in [-0.39, 0.29) is 11.2 Å². The molecule has 0 bridgehead atoms. The number of anilines is 1. The molecule has 0 aliphatic carbocycles. The Labute approximate surface area is 179 Å². The van der Waals surface area contributed by atoms with Crippen LogP contribution in [0.25, 0.3) is 11.1 Å². The Balaban J connectivity index is 1.79. The molecule has 0 aliphatic heterocycles. The van der Waals surface area contributed by atoms with Crippen molar-refractivity contribution in [3.05, 3.63) is 82.9 Å². The summed E-state index contributed by atoms with van der Waals surface area (Å²) in [5.41, 5.74) is 4.85. The van der Waals surface area contributed by atoms with Crippen LogP contribution in [0.4, 0.5) is 18.9 Å². The van der Waals surface area contributed by atoms with E-state index < -0.39 is 6.36 Å². The van der Waals surface area contributed by atoms with Gasteiger partial charge in [-0.15, -0.1) is 13.2 Å². The van der Waals surface area contributed by atoms with Crippen molar-refractivity contribution >= 4 is 17.3 Å². The minimum absolute atomic E-state index is 0.0945. The third kappa shape index (κ3) is 5.92. The third-order valence-corrected chi connectivity index (χ3v) is 4.92. The van der Waals surface area contributed by atoms with Crippen molar-refractivity contribution in [2.24, 2.45) is 0 Å². The molecule has 6 heteroatoms. The molecular weight excluding hydrogens is 411 g/mol. The van der Waals surface area contributed by atoms with Crippen LogP contribution in [0, 0.1) is 0 Å². The molecule has 1 N–H and O–H groups in total. The molecule has 0 unspecified atom stereocenters. The summed E-state index contributed by atoms with van der Waals surface area (Å²) in [5, 5.41) is 3.94. The molecular formula is C24H23ClF3NO. The lowest BCUT2D eigenvalue weighted by atomic mass is 9.87. The molecule has 0 saturated heterocycles. The monoisotopic (exact) mass is 433 g/mol. The van der Waals surface area contributed by atoms with Crippen LogP contribution in [0.1, 0.15) is 31.9 Å². The number of halogens is 4. The van der Waals surface area contributed by atoms with Crippen molar-refractivity contribution in [1.29, 1.82) is 0 Å². The summed E-state index contributed by atoms with van der Waals surface area (Å²) in [7, 11) is 0. The first-order valence-electron chi connectivity index (χ1n) is 9.50. The van der Waals surface area contributed by atoms with Crippen LogP contribution in [-0.2, 0) is 12.0 Å². The standard InChI is InChI=1S/C24H23ClF3NO/c1-23(2,3)18-8-4-16(5-9-18)15-29-22-13-10-19(25)14-21(22)17-6-11-20(12-7-17)30-24(26,27)28/h4-14,29H,15H2,1-3H3. The second kappa shape index (κ2) is 8.60. The van der Waals surface area contributed by atoms with Crippen LogP contribution in [0.3, 0.4) is 0 Å². The van der Waals surface area contributed by atoms with Gasteiger partial charge in [0.15, 0.2) is 0 Å². The number of benzene rings is 3. The molecule has 2 nitrogen and oxygen atoms in total. The predicted octanol–water partition coefficient (Wildman–Crippen LogP) is 7.82. The summed E-state index contributed by atoms with van der Waals surface area (Å²) in [5.74, 6) is -0.262. The Bertz CT molecular complexity index is 991. The average molecular weight is 434 g/mol. The van der Waals surface area contributed by atoms with Gasteiger partial charge >= 0.3 is 6.36 Å². The third-order valence-electron chi connectivity index (χ3n) is 4.68. The van der Waals surface area contributed by atoms with Gasteiger partial charge in [-0.1, -0.05) is 68.8 Å². The van der Waals surface area contributed by atoms with Crippen molar-refractivity contribution in [2.75, 3.05) is 5.32 Å². The largest absolute Gasteiger partial charge is 0.573 e. The Hall–Kier alpha value is -2.66. The van der Waals surface area contributed by atoms with E-state index in [9.17, 15) is 13.2 Å². The Morgan fingerprint density at radius 1 is 0.867 bits per heavy atom. The molecule has 158 valence electrons. The topological polar surface area (TPSA) is 21.3 Å². The summed E-state index contributed by atoms with van der Waals surface area (Å²) in [6.45, 7) is 7.12. The van der Waals surface area contributed by atoms with Crippen LogP contribution in [0.15, 0.2) is 66.7 Å². The maximum Gasteiger partial charge on any atom is 0.573 e. The molecule has 0 fully saturated rings. The van der Waals surface area contributed by atoms with Crippen LogP contribution >= 0.6 is 11.6 Å². The molecule has 0 saturated carbocycles. The van der Waals surface area contributed by atoms with Crippen molar-refractivity contribution in [2.45, 2.75) is 39.1 Å². The molecule has 0 atom stereocenters. The van der Waals surface area contributed by atoms with Crippen LogP contribution < -0.4 is 10.1 Å². The van der Waals surface area contributed by atoms with Gasteiger partial charge in [0.25, 0.3) is 0 Å². The first kappa shape index (κ1) is 22.0.